The van der Waals surface area contributed by atoms with Gasteiger partial charge < -0.3 is 20.3 Å². The second kappa shape index (κ2) is 12.1. The number of nitrogens with one attached hydrogen (secondary N) is 2. The van der Waals surface area contributed by atoms with Crippen LogP contribution in [0.25, 0.3) is 0 Å². The summed E-state index contributed by atoms with van der Waals surface area (Å²) in [6.07, 6.45) is 1.92. The van der Waals surface area contributed by atoms with Crippen LogP contribution in [0.5, 0.6) is 0 Å². The van der Waals surface area contributed by atoms with Crippen LogP contribution >= 0.6 is 24.0 Å². The first-order valence-electron chi connectivity index (χ1n) is 10.3. The number of likely N-dealkylation sites (N-methyl/N-ethyl adjacent to an activating group) is 1. The fourth-order valence-electron chi connectivity index (χ4n) is 3.66. The van der Waals surface area contributed by atoms with Crippen LogP contribution in [-0.4, -0.2) is 60.6 Å². The molecule has 9 heteroatoms. The average molecular weight is 527 g/mol. The van der Waals surface area contributed by atoms with E-state index in [0.29, 0.717) is 6.61 Å². The van der Waals surface area contributed by atoms with E-state index in [1.54, 1.807) is 7.11 Å². The maximum absolute atomic E-state index is 5.14. The van der Waals surface area contributed by atoms with Gasteiger partial charge in [0.05, 0.1) is 6.54 Å². The third-order valence-corrected chi connectivity index (χ3v) is 5.16. The summed E-state index contributed by atoms with van der Waals surface area (Å²) in [6, 6.07) is 8.92. The molecule has 0 bridgehead atoms. The van der Waals surface area contributed by atoms with Crippen LogP contribution in [0, 0.1) is 6.92 Å². The molecule has 1 unspecified atom stereocenters. The van der Waals surface area contributed by atoms with E-state index in [-0.39, 0.29) is 30.0 Å². The van der Waals surface area contributed by atoms with Gasteiger partial charge in [-0.2, -0.15) is 5.10 Å². The van der Waals surface area contributed by atoms with Crippen LogP contribution in [0.4, 0.5) is 5.69 Å². The standard InChI is InChI=1S/C21H33N7O.HI/c1-5-27(18-8-6-7-16(2)13-18)12-11-23-21(22-3)24-17-9-10-20-25-19(15-29-4)26-28(20)14-17;/h6-8,13,17H,5,9-12,14-15H2,1-4H3,(H2,22,23,24);1H. The quantitative estimate of drug-likeness (QED) is 0.312. The number of hydrogen-bond acceptors (Lipinski definition) is 5. The van der Waals surface area contributed by atoms with E-state index in [9.17, 15) is 0 Å². The number of aliphatic imine (C=N–C) groups is 1. The van der Waals surface area contributed by atoms with Gasteiger partial charge in [0, 0.05) is 51.9 Å². The number of nitrogens with zero attached hydrogens (tertiary/aromatic N) is 5. The van der Waals surface area contributed by atoms with Crippen LogP contribution in [0.15, 0.2) is 29.3 Å². The Labute approximate surface area is 196 Å². The zero-order chi connectivity index (χ0) is 20.6. The van der Waals surface area contributed by atoms with Crippen molar-refractivity contribution < 1.29 is 4.74 Å². The zero-order valence-electron chi connectivity index (χ0n) is 18.4. The van der Waals surface area contributed by atoms with E-state index in [1.807, 2.05) is 11.7 Å². The third-order valence-electron chi connectivity index (χ3n) is 5.16. The van der Waals surface area contributed by atoms with Crippen LogP contribution in [0.2, 0.25) is 0 Å². The molecule has 1 atom stereocenters. The Bertz CT molecular complexity index is 823. The summed E-state index contributed by atoms with van der Waals surface area (Å²) in [7, 11) is 3.48. The lowest BCUT2D eigenvalue weighted by atomic mass is 10.1. The number of ether oxygens (including phenoxy) is 1. The zero-order valence-corrected chi connectivity index (χ0v) is 20.7. The molecule has 0 saturated heterocycles. The number of halogens is 1. The normalized spacial score (nSPS) is 15.9. The highest BCUT2D eigenvalue weighted by molar-refractivity contribution is 14.0. The molecule has 166 valence electrons. The summed E-state index contributed by atoms with van der Waals surface area (Å²) < 4.78 is 7.12. The van der Waals surface area contributed by atoms with E-state index >= 15 is 0 Å². The fourth-order valence-corrected chi connectivity index (χ4v) is 3.66. The second-order valence-corrected chi connectivity index (χ2v) is 7.36. The summed E-state index contributed by atoms with van der Waals surface area (Å²) in [5, 5.41) is 11.5. The van der Waals surface area contributed by atoms with Crippen LogP contribution in [0.1, 0.15) is 30.6 Å². The van der Waals surface area contributed by atoms with Crippen molar-refractivity contribution in [1.82, 2.24) is 25.4 Å². The highest BCUT2D eigenvalue weighted by Gasteiger charge is 2.22. The van der Waals surface area contributed by atoms with Crippen LogP contribution in [-0.2, 0) is 24.3 Å². The molecule has 8 nitrogen and oxygen atoms in total. The largest absolute Gasteiger partial charge is 0.377 e. The number of hydrogen-bond donors (Lipinski definition) is 2. The van der Waals surface area contributed by atoms with Crippen molar-refractivity contribution in [2.75, 3.05) is 38.7 Å². The lowest BCUT2D eigenvalue weighted by Gasteiger charge is -2.27. The van der Waals surface area contributed by atoms with Crippen molar-refractivity contribution >= 4 is 35.6 Å². The van der Waals surface area contributed by atoms with Crippen LogP contribution in [0.3, 0.4) is 0 Å². The van der Waals surface area contributed by atoms with Crippen molar-refractivity contribution in [3.63, 3.8) is 0 Å². The summed E-state index contributed by atoms with van der Waals surface area (Å²) >= 11 is 0. The first-order valence-corrected chi connectivity index (χ1v) is 10.3. The van der Waals surface area contributed by atoms with Gasteiger partial charge in [-0.3, -0.25) is 4.99 Å². The summed E-state index contributed by atoms with van der Waals surface area (Å²) in [5.41, 5.74) is 2.54. The molecule has 1 aromatic carbocycles. The molecule has 0 saturated carbocycles. The number of benzene rings is 1. The Kier molecular flexibility index (Phi) is 9.83. The molecule has 3 rings (SSSR count). The van der Waals surface area contributed by atoms with Gasteiger partial charge in [-0.15, -0.1) is 24.0 Å². The second-order valence-electron chi connectivity index (χ2n) is 7.36. The summed E-state index contributed by atoms with van der Waals surface area (Å²) in [6.45, 7) is 8.26. The Morgan fingerprint density at radius 1 is 1.40 bits per heavy atom. The van der Waals surface area contributed by atoms with Gasteiger partial charge in [0.1, 0.15) is 12.4 Å². The molecule has 2 N–H and O–H groups in total. The first kappa shape index (κ1) is 24.4. The maximum Gasteiger partial charge on any atom is 0.191 e. The van der Waals surface area contributed by atoms with E-state index in [0.717, 1.165) is 56.6 Å². The molecule has 0 spiro atoms. The summed E-state index contributed by atoms with van der Waals surface area (Å²) in [5.74, 6) is 2.62. The molecular weight excluding hydrogens is 493 g/mol. The predicted octanol–water partition coefficient (Wildman–Crippen LogP) is 2.36. The molecule has 1 aromatic heterocycles. The highest BCUT2D eigenvalue weighted by atomic mass is 127. The average Bonchev–Trinajstić information content (AvgIpc) is 3.12. The molecule has 0 amide bonds. The van der Waals surface area contributed by atoms with Gasteiger partial charge in [0.15, 0.2) is 11.8 Å². The lowest BCUT2D eigenvalue weighted by molar-refractivity contribution is 0.177. The fraction of sp³-hybridized carbons (Fsp3) is 0.571. The Hall–Kier alpha value is -1.88. The van der Waals surface area contributed by atoms with Gasteiger partial charge in [0.25, 0.3) is 0 Å². The maximum atomic E-state index is 5.14. The van der Waals surface area contributed by atoms with E-state index in [2.05, 4.69) is 68.7 Å². The topological polar surface area (TPSA) is 79.6 Å². The van der Waals surface area contributed by atoms with Crippen molar-refractivity contribution in [2.24, 2.45) is 4.99 Å². The van der Waals surface area contributed by atoms with E-state index < -0.39 is 0 Å². The molecule has 1 aliphatic heterocycles. The van der Waals surface area contributed by atoms with E-state index in [1.165, 1.54) is 11.3 Å². The van der Waals surface area contributed by atoms with Crippen molar-refractivity contribution in [2.45, 2.75) is 45.9 Å². The molecule has 2 heterocycles. The van der Waals surface area contributed by atoms with Crippen molar-refractivity contribution in [3.05, 3.63) is 41.5 Å². The third kappa shape index (κ3) is 6.56. The van der Waals surface area contributed by atoms with Crippen molar-refractivity contribution in [1.29, 1.82) is 0 Å². The number of anilines is 1. The molecule has 0 aliphatic carbocycles. The molecular formula is C21H34IN7O. The molecule has 0 fully saturated rings. The van der Waals surface area contributed by atoms with Crippen LogP contribution < -0.4 is 15.5 Å². The van der Waals surface area contributed by atoms with Gasteiger partial charge in [-0.05, 0) is 38.0 Å². The molecule has 1 aliphatic rings. The molecule has 30 heavy (non-hydrogen) atoms. The molecule has 0 radical (unpaired) electrons. The molecule has 2 aromatic rings. The Morgan fingerprint density at radius 2 is 2.23 bits per heavy atom. The SMILES string of the molecule is CCN(CCNC(=NC)NC1CCc2nc(COC)nn2C1)c1cccc(C)c1.I. The first-order chi connectivity index (χ1) is 14.1. The minimum absolute atomic E-state index is 0. The lowest BCUT2D eigenvalue weighted by Crippen LogP contribution is -2.48. The van der Waals surface area contributed by atoms with Crippen molar-refractivity contribution in [3.8, 4) is 0 Å². The number of fused-ring (bicyclic) bond motifs is 1. The number of rotatable bonds is 8. The van der Waals surface area contributed by atoms with Gasteiger partial charge >= 0.3 is 0 Å². The highest BCUT2D eigenvalue weighted by Crippen LogP contribution is 2.15. The minimum Gasteiger partial charge on any atom is -0.377 e. The van der Waals surface area contributed by atoms with Gasteiger partial charge in [-0.25, -0.2) is 9.67 Å². The van der Waals surface area contributed by atoms with Gasteiger partial charge in [0.2, 0.25) is 0 Å². The predicted molar refractivity (Wildman–Crippen MR) is 132 cm³/mol. The number of aryl methyl sites for hydroxylation is 2. The number of guanidine groups is 1. The monoisotopic (exact) mass is 527 g/mol. The smallest absolute Gasteiger partial charge is 0.191 e. The van der Waals surface area contributed by atoms with Gasteiger partial charge in [-0.1, -0.05) is 12.1 Å². The minimum atomic E-state index is 0. The Morgan fingerprint density at radius 3 is 2.93 bits per heavy atom. The number of methoxy groups -OCH3 is 1. The number of aromatic nitrogens is 3. The Balaban J connectivity index is 0.00000320. The van der Waals surface area contributed by atoms with E-state index in [4.69, 9.17) is 4.74 Å². The summed E-state index contributed by atoms with van der Waals surface area (Å²) in [4.78, 5) is 11.3.